The third-order valence-corrected chi connectivity index (χ3v) is 5.61. The summed E-state index contributed by atoms with van der Waals surface area (Å²) in [5, 5.41) is 2.06. The van der Waals surface area contributed by atoms with Gasteiger partial charge in [-0.3, -0.25) is 4.79 Å². The molecule has 0 unspecified atom stereocenters. The average molecular weight is 382 g/mol. The van der Waals surface area contributed by atoms with E-state index in [2.05, 4.69) is 19.9 Å². The highest BCUT2D eigenvalue weighted by Crippen LogP contribution is 2.27. The molecule has 6 nitrogen and oxygen atoms in total. The van der Waals surface area contributed by atoms with E-state index in [0.29, 0.717) is 12.1 Å². The summed E-state index contributed by atoms with van der Waals surface area (Å²) in [5.41, 5.74) is 3.59. The van der Waals surface area contributed by atoms with Crippen molar-refractivity contribution in [3.63, 3.8) is 0 Å². The Hall–Kier alpha value is -2.67. The lowest BCUT2D eigenvalue weighted by Gasteiger charge is -2.32. The number of rotatable bonds is 5. The monoisotopic (exact) mass is 382 g/mol. The second-order valence-corrected chi connectivity index (χ2v) is 7.43. The summed E-state index contributed by atoms with van der Waals surface area (Å²) in [6.45, 7) is 2.20. The summed E-state index contributed by atoms with van der Waals surface area (Å²) in [4.78, 5) is 23.8. The number of aromatic nitrogens is 3. The van der Waals surface area contributed by atoms with E-state index in [0.717, 1.165) is 43.2 Å². The van der Waals surface area contributed by atoms with Gasteiger partial charge in [0, 0.05) is 42.3 Å². The summed E-state index contributed by atoms with van der Waals surface area (Å²) < 4.78 is 7.33. The van der Waals surface area contributed by atoms with Crippen LogP contribution in [0.3, 0.4) is 0 Å². The zero-order valence-electron chi connectivity index (χ0n) is 15.2. The van der Waals surface area contributed by atoms with Gasteiger partial charge in [-0.15, -0.1) is 11.3 Å². The van der Waals surface area contributed by atoms with Crippen LogP contribution >= 0.6 is 11.3 Å². The Balaban J connectivity index is 1.48. The Morgan fingerprint density at radius 1 is 1.30 bits per heavy atom. The zero-order chi connectivity index (χ0) is 18.6. The lowest BCUT2D eigenvalue weighted by molar-refractivity contribution is 0.0703. The van der Waals surface area contributed by atoms with Gasteiger partial charge >= 0.3 is 0 Å². The SMILES string of the molecule is COc1ccc(C(=O)N2CCC[C@H](c3nccn3Cc3cscn3)C2)cc1. The number of hydrogen-bond donors (Lipinski definition) is 0. The number of methoxy groups -OCH3 is 1. The fraction of sp³-hybridized carbons (Fsp3) is 0.350. The summed E-state index contributed by atoms with van der Waals surface area (Å²) in [6, 6.07) is 7.31. The molecule has 2 aromatic heterocycles. The zero-order valence-corrected chi connectivity index (χ0v) is 16.1. The molecule has 7 heteroatoms. The van der Waals surface area contributed by atoms with Gasteiger partial charge in [0.15, 0.2) is 0 Å². The van der Waals surface area contributed by atoms with Gasteiger partial charge in [0.05, 0.1) is 24.9 Å². The molecule has 3 heterocycles. The topological polar surface area (TPSA) is 60.2 Å². The molecule has 1 fully saturated rings. The number of carbonyl (C=O) groups excluding carboxylic acids is 1. The molecule has 1 saturated heterocycles. The van der Waals surface area contributed by atoms with Crippen LogP contribution in [0.15, 0.2) is 47.5 Å². The highest BCUT2D eigenvalue weighted by molar-refractivity contribution is 7.07. The third-order valence-electron chi connectivity index (χ3n) is 4.97. The summed E-state index contributed by atoms with van der Waals surface area (Å²) >= 11 is 1.60. The van der Waals surface area contributed by atoms with Gasteiger partial charge in [-0.1, -0.05) is 0 Å². The number of ether oxygens (including phenoxy) is 1. The van der Waals surface area contributed by atoms with Crippen LogP contribution in [0.5, 0.6) is 5.75 Å². The molecule has 0 saturated carbocycles. The van der Waals surface area contributed by atoms with Crippen molar-refractivity contribution < 1.29 is 9.53 Å². The van der Waals surface area contributed by atoms with Crippen LogP contribution in [0.4, 0.5) is 0 Å². The number of benzene rings is 1. The maximum Gasteiger partial charge on any atom is 0.253 e. The standard InChI is InChI=1S/C20H22N4O2S/c1-26-18-6-4-15(5-7-18)20(25)24-9-2-3-16(11-24)19-21-8-10-23(19)12-17-13-27-14-22-17/h4-8,10,13-14,16H,2-3,9,11-12H2,1H3/t16-/m0/s1. The number of nitrogens with zero attached hydrogens (tertiary/aromatic N) is 4. The van der Waals surface area contributed by atoms with E-state index in [4.69, 9.17) is 4.74 Å². The van der Waals surface area contributed by atoms with Crippen LogP contribution in [0.2, 0.25) is 0 Å². The Kier molecular flexibility index (Phi) is 5.20. The maximum absolute atomic E-state index is 12.9. The molecular weight excluding hydrogens is 360 g/mol. The molecule has 0 aliphatic carbocycles. The maximum atomic E-state index is 12.9. The molecule has 1 amide bonds. The van der Waals surface area contributed by atoms with Crippen LogP contribution in [0.25, 0.3) is 0 Å². The lowest BCUT2D eigenvalue weighted by Crippen LogP contribution is -2.39. The van der Waals surface area contributed by atoms with E-state index in [1.807, 2.05) is 47.1 Å². The first-order chi connectivity index (χ1) is 13.2. The summed E-state index contributed by atoms with van der Waals surface area (Å²) in [6.07, 6.45) is 5.86. The minimum atomic E-state index is 0.0694. The summed E-state index contributed by atoms with van der Waals surface area (Å²) in [7, 11) is 1.62. The molecule has 3 aromatic rings. The number of amides is 1. The molecule has 0 radical (unpaired) electrons. The molecule has 0 N–H and O–H groups in total. The molecule has 1 aromatic carbocycles. The number of hydrogen-bond acceptors (Lipinski definition) is 5. The normalized spacial score (nSPS) is 17.1. The van der Waals surface area contributed by atoms with Gasteiger partial charge in [0.25, 0.3) is 5.91 Å². The largest absolute Gasteiger partial charge is 0.497 e. The number of carbonyl (C=O) groups is 1. The Labute approximate surface area is 162 Å². The quantitative estimate of drug-likeness (QED) is 0.678. The molecule has 0 bridgehead atoms. The van der Waals surface area contributed by atoms with E-state index in [-0.39, 0.29) is 11.8 Å². The van der Waals surface area contributed by atoms with E-state index in [1.54, 1.807) is 18.4 Å². The first kappa shape index (κ1) is 17.7. The van der Waals surface area contributed by atoms with Crippen LogP contribution in [0, 0.1) is 0 Å². The van der Waals surface area contributed by atoms with Gasteiger partial charge in [0.1, 0.15) is 11.6 Å². The van der Waals surface area contributed by atoms with E-state index >= 15 is 0 Å². The first-order valence-electron chi connectivity index (χ1n) is 9.06. The van der Waals surface area contributed by atoms with Crippen molar-refractivity contribution in [2.75, 3.05) is 20.2 Å². The molecule has 4 rings (SSSR count). The fourth-order valence-electron chi connectivity index (χ4n) is 3.59. The fourth-order valence-corrected chi connectivity index (χ4v) is 4.14. The second kappa shape index (κ2) is 7.92. The van der Waals surface area contributed by atoms with Gasteiger partial charge in [0.2, 0.25) is 0 Å². The van der Waals surface area contributed by atoms with Crippen molar-refractivity contribution in [3.05, 3.63) is 64.6 Å². The molecule has 1 aliphatic rings. The van der Waals surface area contributed by atoms with Gasteiger partial charge in [-0.05, 0) is 37.1 Å². The average Bonchev–Trinajstić information content (AvgIpc) is 3.40. The Morgan fingerprint density at radius 3 is 2.89 bits per heavy atom. The molecule has 27 heavy (non-hydrogen) atoms. The van der Waals surface area contributed by atoms with Crippen molar-refractivity contribution in [3.8, 4) is 5.75 Å². The van der Waals surface area contributed by atoms with Crippen molar-refractivity contribution in [2.45, 2.75) is 25.3 Å². The smallest absolute Gasteiger partial charge is 0.253 e. The highest BCUT2D eigenvalue weighted by atomic mass is 32.1. The van der Waals surface area contributed by atoms with Crippen LogP contribution < -0.4 is 4.74 Å². The van der Waals surface area contributed by atoms with Crippen LogP contribution in [0.1, 0.15) is 40.6 Å². The molecule has 140 valence electrons. The van der Waals surface area contributed by atoms with Crippen molar-refractivity contribution in [1.29, 1.82) is 0 Å². The minimum absolute atomic E-state index is 0.0694. The molecule has 1 aliphatic heterocycles. The third kappa shape index (κ3) is 3.88. The van der Waals surface area contributed by atoms with Crippen molar-refractivity contribution >= 4 is 17.2 Å². The molecular formula is C20H22N4O2S. The number of imidazole rings is 1. The predicted molar refractivity (Wildman–Crippen MR) is 104 cm³/mol. The van der Waals surface area contributed by atoms with Gasteiger partial charge in [-0.25, -0.2) is 9.97 Å². The Bertz CT molecular complexity index is 889. The van der Waals surface area contributed by atoms with Gasteiger partial charge in [-0.2, -0.15) is 0 Å². The predicted octanol–water partition coefficient (Wildman–Crippen LogP) is 3.42. The highest BCUT2D eigenvalue weighted by Gasteiger charge is 2.28. The molecule has 1 atom stereocenters. The Morgan fingerprint density at radius 2 is 2.15 bits per heavy atom. The number of likely N-dealkylation sites (tertiary alicyclic amines) is 1. The van der Waals surface area contributed by atoms with E-state index in [9.17, 15) is 4.79 Å². The lowest BCUT2D eigenvalue weighted by atomic mass is 9.96. The van der Waals surface area contributed by atoms with Crippen LogP contribution in [-0.2, 0) is 6.54 Å². The summed E-state index contributed by atoms with van der Waals surface area (Å²) in [5.74, 6) is 2.11. The van der Waals surface area contributed by atoms with Crippen molar-refractivity contribution in [1.82, 2.24) is 19.4 Å². The first-order valence-corrected chi connectivity index (χ1v) is 10.0. The van der Waals surface area contributed by atoms with E-state index < -0.39 is 0 Å². The van der Waals surface area contributed by atoms with Crippen LogP contribution in [-0.4, -0.2) is 45.5 Å². The van der Waals surface area contributed by atoms with Gasteiger partial charge < -0.3 is 14.2 Å². The molecule has 0 spiro atoms. The second-order valence-electron chi connectivity index (χ2n) is 6.71. The van der Waals surface area contributed by atoms with Crippen molar-refractivity contribution in [2.24, 2.45) is 0 Å². The minimum Gasteiger partial charge on any atom is -0.497 e. The number of piperidine rings is 1. The van der Waals surface area contributed by atoms with E-state index in [1.165, 1.54) is 0 Å². The number of thiazole rings is 1.